The van der Waals surface area contributed by atoms with Crippen LogP contribution in [0.15, 0.2) is 54.9 Å². The number of esters is 1. The van der Waals surface area contributed by atoms with E-state index in [1.807, 2.05) is 0 Å². The third-order valence-corrected chi connectivity index (χ3v) is 4.58. The fourth-order valence-corrected chi connectivity index (χ4v) is 3.15. The zero-order valence-electron chi connectivity index (χ0n) is 15.5. The van der Waals surface area contributed by atoms with Crippen molar-refractivity contribution in [2.75, 3.05) is 23.4 Å². The molecule has 0 radical (unpaired) electrons. The fraction of sp³-hybridized carbons (Fsp3) is 0.190. The number of carbonyl (C=O) groups is 3. The highest BCUT2D eigenvalue weighted by atomic mass is 16.5. The Morgan fingerprint density at radius 2 is 1.79 bits per heavy atom. The summed E-state index contributed by atoms with van der Waals surface area (Å²) >= 11 is 0. The molecule has 0 spiro atoms. The number of hydrogen-bond acceptors (Lipinski definition) is 6. The van der Waals surface area contributed by atoms with Gasteiger partial charge in [0.2, 0.25) is 5.91 Å². The molecule has 1 N–H and O–H groups in total. The van der Waals surface area contributed by atoms with Crippen molar-refractivity contribution in [1.82, 2.24) is 9.97 Å². The Morgan fingerprint density at radius 1 is 1.03 bits per heavy atom. The third-order valence-electron chi connectivity index (χ3n) is 4.58. The Hall–Kier alpha value is -3.81. The first-order chi connectivity index (χ1) is 14.1. The Bertz CT molecular complexity index is 1080. The Kier molecular flexibility index (Phi) is 5.15. The molecule has 1 fully saturated rings. The van der Waals surface area contributed by atoms with E-state index in [0.29, 0.717) is 35.2 Å². The molecule has 146 valence electrons. The number of amides is 2. The van der Waals surface area contributed by atoms with Crippen LogP contribution in [-0.4, -0.2) is 40.9 Å². The summed E-state index contributed by atoms with van der Waals surface area (Å²) in [4.78, 5) is 46.0. The lowest BCUT2D eigenvalue weighted by Crippen LogP contribution is -2.23. The molecule has 2 aromatic carbocycles. The van der Waals surface area contributed by atoms with Crippen LogP contribution in [0, 0.1) is 0 Å². The Labute approximate surface area is 166 Å². The van der Waals surface area contributed by atoms with Crippen LogP contribution in [0.4, 0.5) is 11.4 Å². The first-order valence-corrected chi connectivity index (χ1v) is 9.18. The van der Waals surface area contributed by atoms with Gasteiger partial charge in [-0.15, -0.1) is 0 Å². The standard InChI is InChI=1S/C21H18N4O4/c26-19(24-15-4-6-16(7-5-15)25-11-1-2-20(25)27)13-29-21(28)14-3-8-17-18(12-14)23-10-9-22-17/h3-10,12H,1-2,11,13H2,(H,24,26). The van der Waals surface area contributed by atoms with Crippen molar-refractivity contribution < 1.29 is 19.1 Å². The van der Waals surface area contributed by atoms with Crippen LogP contribution in [0.3, 0.4) is 0 Å². The average Bonchev–Trinajstić information content (AvgIpc) is 3.18. The van der Waals surface area contributed by atoms with Crippen molar-refractivity contribution >= 4 is 40.2 Å². The molecule has 1 aliphatic heterocycles. The van der Waals surface area contributed by atoms with Crippen LogP contribution >= 0.6 is 0 Å². The van der Waals surface area contributed by atoms with Crippen molar-refractivity contribution in [2.24, 2.45) is 0 Å². The maximum atomic E-state index is 12.2. The smallest absolute Gasteiger partial charge is 0.338 e. The summed E-state index contributed by atoms with van der Waals surface area (Å²) in [6, 6.07) is 11.8. The maximum absolute atomic E-state index is 12.2. The van der Waals surface area contributed by atoms with Crippen molar-refractivity contribution in [3.8, 4) is 0 Å². The lowest BCUT2D eigenvalue weighted by molar-refractivity contribution is -0.119. The average molecular weight is 390 g/mol. The van der Waals surface area contributed by atoms with Gasteiger partial charge < -0.3 is 15.0 Å². The monoisotopic (exact) mass is 390 g/mol. The van der Waals surface area contributed by atoms with Crippen LogP contribution in [0.2, 0.25) is 0 Å². The summed E-state index contributed by atoms with van der Waals surface area (Å²) in [5.74, 6) is -0.965. The minimum atomic E-state index is -0.615. The van der Waals surface area contributed by atoms with Crippen LogP contribution in [-0.2, 0) is 14.3 Å². The summed E-state index contributed by atoms with van der Waals surface area (Å²) in [5.41, 5.74) is 2.90. The normalized spacial score (nSPS) is 13.5. The van der Waals surface area contributed by atoms with Crippen molar-refractivity contribution in [3.05, 3.63) is 60.4 Å². The minimum absolute atomic E-state index is 0.105. The van der Waals surface area contributed by atoms with E-state index in [1.165, 1.54) is 6.20 Å². The molecule has 3 aromatic rings. The summed E-state index contributed by atoms with van der Waals surface area (Å²) in [5, 5.41) is 2.67. The summed E-state index contributed by atoms with van der Waals surface area (Å²) < 4.78 is 5.08. The second-order valence-corrected chi connectivity index (χ2v) is 6.58. The molecule has 2 heterocycles. The molecule has 0 atom stereocenters. The number of carbonyl (C=O) groups excluding carboxylic acids is 3. The third kappa shape index (κ3) is 4.21. The summed E-state index contributed by atoms with van der Waals surface area (Å²) in [6.45, 7) is 0.296. The first-order valence-electron chi connectivity index (χ1n) is 9.18. The fourth-order valence-electron chi connectivity index (χ4n) is 3.15. The number of benzene rings is 2. The first kappa shape index (κ1) is 18.5. The van der Waals surface area contributed by atoms with Gasteiger partial charge in [0.15, 0.2) is 6.61 Å². The topological polar surface area (TPSA) is 101 Å². The highest BCUT2D eigenvalue weighted by Gasteiger charge is 2.21. The molecule has 1 aliphatic rings. The van der Waals surface area contributed by atoms with E-state index in [9.17, 15) is 14.4 Å². The van der Waals surface area contributed by atoms with Gasteiger partial charge in [0.25, 0.3) is 5.91 Å². The van der Waals surface area contributed by atoms with E-state index >= 15 is 0 Å². The zero-order valence-corrected chi connectivity index (χ0v) is 15.5. The van der Waals surface area contributed by atoms with E-state index in [-0.39, 0.29) is 5.91 Å². The molecule has 1 saturated heterocycles. The molecule has 4 rings (SSSR count). The largest absolute Gasteiger partial charge is 0.452 e. The SMILES string of the molecule is O=C(COC(=O)c1ccc2nccnc2c1)Nc1ccc(N2CCCC2=O)cc1. The van der Waals surface area contributed by atoms with Gasteiger partial charge in [0, 0.05) is 36.7 Å². The second kappa shape index (κ2) is 8.05. The van der Waals surface area contributed by atoms with E-state index in [4.69, 9.17) is 4.74 Å². The van der Waals surface area contributed by atoms with Crippen molar-refractivity contribution in [2.45, 2.75) is 12.8 Å². The molecular weight excluding hydrogens is 372 g/mol. The molecule has 0 aliphatic carbocycles. The number of anilines is 2. The number of nitrogens with zero attached hydrogens (tertiary/aromatic N) is 3. The molecule has 0 bridgehead atoms. The van der Waals surface area contributed by atoms with Gasteiger partial charge in [-0.2, -0.15) is 0 Å². The Morgan fingerprint density at radius 3 is 2.52 bits per heavy atom. The lowest BCUT2D eigenvalue weighted by atomic mass is 10.2. The van der Waals surface area contributed by atoms with E-state index in [1.54, 1.807) is 53.6 Å². The molecular formula is C21H18N4O4. The molecule has 2 amide bonds. The molecule has 8 nitrogen and oxygen atoms in total. The highest BCUT2D eigenvalue weighted by molar-refractivity contribution is 5.98. The number of nitrogens with one attached hydrogen (secondary N) is 1. The molecule has 1 aromatic heterocycles. The summed E-state index contributed by atoms with van der Waals surface area (Å²) in [6.07, 6.45) is 4.52. The van der Waals surface area contributed by atoms with E-state index < -0.39 is 18.5 Å². The van der Waals surface area contributed by atoms with Gasteiger partial charge in [0.05, 0.1) is 16.6 Å². The van der Waals surface area contributed by atoms with Gasteiger partial charge in [-0.05, 0) is 48.9 Å². The van der Waals surface area contributed by atoms with Crippen LogP contribution < -0.4 is 10.2 Å². The van der Waals surface area contributed by atoms with Crippen LogP contribution in [0.5, 0.6) is 0 Å². The summed E-state index contributed by atoms with van der Waals surface area (Å²) in [7, 11) is 0. The molecule has 0 unspecified atom stereocenters. The van der Waals surface area contributed by atoms with Crippen molar-refractivity contribution in [1.29, 1.82) is 0 Å². The second-order valence-electron chi connectivity index (χ2n) is 6.58. The number of aromatic nitrogens is 2. The lowest BCUT2D eigenvalue weighted by Gasteiger charge is -2.16. The predicted molar refractivity (Wildman–Crippen MR) is 106 cm³/mol. The van der Waals surface area contributed by atoms with Gasteiger partial charge in [-0.3, -0.25) is 19.6 Å². The van der Waals surface area contributed by atoms with E-state index in [0.717, 1.165) is 12.1 Å². The zero-order chi connectivity index (χ0) is 20.2. The van der Waals surface area contributed by atoms with Gasteiger partial charge in [-0.25, -0.2) is 4.79 Å². The maximum Gasteiger partial charge on any atom is 0.338 e. The number of ether oxygens (including phenoxy) is 1. The highest BCUT2D eigenvalue weighted by Crippen LogP contribution is 2.23. The number of fused-ring (bicyclic) bond motifs is 1. The minimum Gasteiger partial charge on any atom is -0.452 e. The van der Waals surface area contributed by atoms with Crippen molar-refractivity contribution in [3.63, 3.8) is 0 Å². The van der Waals surface area contributed by atoms with Gasteiger partial charge in [0.1, 0.15) is 0 Å². The molecule has 0 saturated carbocycles. The molecule has 29 heavy (non-hydrogen) atoms. The quantitative estimate of drug-likeness (QED) is 0.672. The Balaban J connectivity index is 1.32. The van der Waals surface area contributed by atoms with Crippen LogP contribution in [0.25, 0.3) is 11.0 Å². The number of hydrogen-bond donors (Lipinski definition) is 1. The number of rotatable bonds is 5. The molecule has 8 heteroatoms. The predicted octanol–water partition coefficient (Wildman–Crippen LogP) is 2.55. The van der Waals surface area contributed by atoms with E-state index in [2.05, 4.69) is 15.3 Å². The van der Waals surface area contributed by atoms with Gasteiger partial charge >= 0.3 is 5.97 Å². The van der Waals surface area contributed by atoms with Gasteiger partial charge in [-0.1, -0.05) is 0 Å². The van der Waals surface area contributed by atoms with Crippen LogP contribution in [0.1, 0.15) is 23.2 Å².